The Hall–Kier alpha value is -2.77. The SMILES string of the molecule is Fc1cccc(-c2[nH]ncc2CNCc2ncc(-c3cccc(Br)c3)[nH]2)c1. The molecule has 2 aromatic carbocycles. The van der Waals surface area contributed by atoms with E-state index in [1.807, 2.05) is 36.5 Å². The Bertz CT molecular complexity index is 1060. The minimum absolute atomic E-state index is 0.267. The summed E-state index contributed by atoms with van der Waals surface area (Å²) >= 11 is 3.48. The molecule has 5 nitrogen and oxygen atoms in total. The molecule has 0 fully saturated rings. The molecule has 0 aliphatic rings. The molecule has 0 aliphatic carbocycles. The molecular weight excluding hydrogens is 409 g/mol. The number of aromatic nitrogens is 4. The standard InChI is InChI=1S/C20H17BrFN5/c21-16-5-1-3-13(7-16)18-11-24-19(26-18)12-23-9-15-10-25-27-20(15)14-4-2-6-17(22)8-14/h1-8,10-11,23H,9,12H2,(H,24,26)(H,25,27). The van der Waals surface area contributed by atoms with Gasteiger partial charge in [-0.05, 0) is 24.3 Å². The number of aromatic amines is 2. The quantitative estimate of drug-likeness (QED) is 0.420. The summed E-state index contributed by atoms with van der Waals surface area (Å²) in [6.45, 7) is 1.18. The number of halogens is 2. The highest BCUT2D eigenvalue weighted by molar-refractivity contribution is 9.10. The molecule has 7 heteroatoms. The van der Waals surface area contributed by atoms with Gasteiger partial charge >= 0.3 is 0 Å². The van der Waals surface area contributed by atoms with Gasteiger partial charge in [-0.25, -0.2) is 9.37 Å². The molecular formula is C20H17BrFN5. The van der Waals surface area contributed by atoms with Crippen LogP contribution in [0.2, 0.25) is 0 Å². The van der Waals surface area contributed by atoms with Crippen LogP contribution >= 0.6 is 15.9 Å². The maximum absolute atomic E-state index is 13.5. The molecule has 0 bridgehead atoms. The third kappa shape index (κ3) is 4.15. The van der Waals surface area contributed by atoms with Crippen molar-refractivity contribution in [1.29, 1.82) is 0 Å². The van der Waals surface area contributed by atoms with Crippen molar-refractivity contribution in [2.24, 2.45) is 0 Å². The number of hydrogen-bond donors (Lipinski definition) is 3. The predicted octanol–water partition coefficient (Wildman–Crippen LogP) is 4.66. The molecule has 4 rings (SSSR count). The lowest BCUT2D eigenvalue weighted by Gasteiger charge is -2.05. The first-order valence-corrected chi connectivity index (χ1v) is 9.27. The fourth-order valence-corrected chi connectivity index (χ4v) is 3.31. The number of hydrogen-bond acceptors (Lipinski definition) is 3. The summed E-state index contributed by atoms with van der Waals surface area (Å²) in [4.78, 5) is 7.75. The summed E-state index contributed by atoms with van der Waals surface area (Å²) in [5.74, 6) is 0.581. The van der Waals surface area contributed by atoms with E-state index in [-0.39, 0.29) is 5.82 Å². The zero-order valence-corrected chi connectivity index (χ0v) is 15.9. The van der Waals surface area contributed by atoms with Gasteiger partial charge in [0.05, 0.1) is 30.3 Å². The lowest BCUT2D eigenvalue weighted by atomic mass is 10.1. The zero-order valence-electron chi connectivity index (χ0n) is 14.3. The first-order chi connectivity index (χ1) is 13.2. The number of imidazole rings is 1. The van der Waals surface area contributed by atoms with Gasteiger partial charge in [0, 0.05) is 27.7 Å². The van der Waals surface area contributed by atoms with E-state index >= 15 is 0 Å². The molecule has 0 aliphatic heterocycles. The average molecular weight is 426 g/mol. The highest BCUT2D eigenvalue weighted by Gasteiger charge is 2.09. The van der Waals surface area contributed by atoms with E-state index in [9.17, 15) is 4.39 Å². The van der Waals surface area contributed by atoms with Crippen LogP contribution in [0.25, 0.3) is 22.5 Å². The molecule has 0 unspecified atom stereocenters. The number of H-pyrrole nitrogens is 2. The van der Waals surface area contributed by atoms with Crippen molar-refractivity contribution in [2.45, 2.75) is 13.1 Å². The van der Waals surface area contributed by atoms with Gasteiger partial charge in [-0.3, -0.25) is 5.10 Å². The van der Waals surface area contributed by atoms with Crippen molar-refractivity contribution < 1.29 is 4.39 Å². The van der Waals surface area contributed by atoms with Crippen LogP contribution < -0.4 is 5.32 Å². The van der Waals surface area contributed by atoms with Crippen molar-refractivity contribution >= 4 is 15.9 Å². The Labute approximate surface area is 164 Å². The van der Waals surface area contributed by atoms with Crippen molar-refractivity contribution in [1.82, 2.24) is 25.5 Å². The van der Waals surface area contributed by atoms with Gasteiger partial charge in [0.1, 0.15) is 11.6 Å². The lowest BCUT2D eigenvalue weighted by Crippen LogP contribution is -2.13. The normalized spacial score (nSPS) is 11.0. The van der Waals surface area contributed by atoms with E-state index < -0.39 is 0 Å². The summed E-state index contributed by atoms with van der Waals surface area (Å²) in [5.41, 5.74) is 4.61. The van der Waals surface area contributed by atoms with Crippen molar-refractivity contribution in [3.05, 3.63) is 82.6 Å². The van der Waals surface area contributed by atoms with Gasteiger partial charge in [-0.1, -0.05) is 40.2 Å². The number of nitrogens with zero attached hydrogens (tertiary/aromatic N) is 2. The Balaban J connectivity index is 1.41. The molecule has 4 aromatic rings. The molecule has 136 valence electrons. The molecule has 2 aromatic heterocycles. The van der Waals surface area contributed by atoms with Crippen molar-refractivity contribution in [3.63, 3.8) is 0 Å². The number of benzene rings is 2. The van der Waals surface area contributed by atoms with E-state index in [1.165, 1.54) is 12.1 Å². The van der Waals surface area contributed by atoms with E-state index in [4.69, 9.17) is 0 Å². The van der Waals surface area contributed by atoms with Gasteiger partial charge in [0.2, 0.25) is 0 Å². The Kier molecular flexibility index (Phi) is 5.13. The monoisotopic (exact) mass is 425 g/mol. The van der Waals surface area contributed by atoms with Gasteiger partial charge in [-0.2, -0.15) is 5.10 Å². The summed E-state index contributed by atoms with van der Waals surface area (Å²) < 4.78 is 14.5. The van der Waals surface area contributed by atoms with Crippen LogP contribution in [0.5, 0.6) is 0 Å². The van der Waals surface area contributed by atoms with Crippen LogP contribution in [0, 0.1) is 5.82 Å². The molecule has 0 radical (unpaired) electrons. The first-order valence-electron chi connectivity index (χ1n) is 8.48. The summed E-state index contributed by atoms with van der Waals surface area (Å²) in [6.07, 6.45) is 3.58. The van der Waals surface area contributed by atoms with Crippen LogP contribution in [0.1, 0.15) is 11.4 Å². The minimum atomic E-state index is -0.267. The summed E-state index contributed by atoms with van der Waals surface area (Å²) in [5, 5.41) is 10.4. The Morgan fingerprint density at radius 3 is 2.70 bits per heavy atom. The fraction of sp³-hybridized carbons (Fsp3) is 0.100. The summed E-state index contributed by atoms with van der Waals surface area (Å²) in [7, 11) is 0. The van der Waals surface area contributed by atoms with Gasteiger partial charge in [-0.15, -0.1) is 0 Å². The number of nitrogens with one attached hydrogen (secondary N) is 3. The average Bonchev–Trinajstić information content (AvgIpc) is 3.31. The highest BCUT2D eigenvalue weighted by atomic mass is 79.9. The molecule has 0 amide bonds. The maximum atomic E-state index is 13.5. The molecule has 0 saturated carbocycles. The van der Waals surface area contributed by atoms with Crippen LogP contribution in [0.15, 0.2) is 65.4 Å². The third-order valence-corrected chi connectivity index (χ3v) is 4.70. The lowest BCUT2D eigenvalue weighted by molar-refractivity contribution is 0.628. The molecule has 2 heterocycles. The van der Waals surface area contributed by atoms with Crippen LogP contribution in [-0.2, 0) is 13.1 Å². The minimum Gasteiger partial charge on any atom is -0.341 e. The molecule has 27 heavy (non-hydrogen) atoms. The zero-order chi connectivity index (χ0) is 18.6. The fourth-order valence-electron chi connectivity index (χ4n) is 2.91. The Morgan fingerprint density at radius 1 is 1.00 bits per heavy atom. The second-order valence-corrected chi connectivity index (χ2v) is 7.05. The van der Waals surface area contributed by atoms with E-state index in [1.54, 1.807) is 12.3 Å². The molecule has 3 N–H and O–H groups in total. The van der Waals surface area contributed by atoms with Crippen molar-refractivity contribution in [3.8, 4) is 22.5 Å². The topological polar surface area (TPSA) is 69.4 Å². The largest absolute Gasteiger partial charge is 0.341 e. The molecule has 0 saturated heterocycles. The first kappa shape index (κ1) is 17.6. The number of rotatable bonds is 6. The second-order valence-electron chi connectivity index (χ2n) is 6.14. The van der Waals surface area contributed by atoms with Crippen LogP contribution in [0.3, 0.4) is 0 Å². The van der Waals surface area contributed by atoms with E-state index in [0.29, 0.717) is 13.1 Å². The Morgan fingerprint density at radius 2 is 1.85 bits per heavy atom. The van der Waals surface area contributed by atoms with Gasteiger partial charge in [0.15, 0.2) is 0 Å². The predicted molar refractivity (Wildman–Crippen MR) is 106 cm³/mol. The van der Waals surface area contributed by atoms with Crippen LogP contribution in [-0.4, -0.2) is 20.2 Å². The third-order valence-electron chi connectivity index (χ3n) is 4.20. The van der Waals surface area contributed by atoms with Crippen LogP contribution in [0.4, 0.5) is 4.39 Å². The smallest absolute Gasteiger partial charge is 0.123 e. The summed E-state index contributed by atoms with van der Waals surface area (Å²) in [6, 6.07) is 14.5. The second kappa shape index (κ2) is 7.85. The van der Waals surface area contributed by atoms with E-state index in [0.717, 1.165) is 38.4 Å². The van der Waals surface area contributed by atoms with Crippen molar-refractivity contribution in [2.75, 3.05) is 0 Å². The van der Waals surface area contributed by atoms with Gasteiger partial charge < -0.3 is 10.3 Å². The van der Waals surface area contributed by atoms with E-state index in [2.05, 4.69) is 41.4 Å². The molecule has 0 atom stereocenters. The molecule has 0 spiro atoms. The van der Waals surface area contributed by atoms with Gasteiger partial charge in [0.25, 0.3) is 0 Å². The highest BCUT2D eigenvalue weighted by Crippen LogP contribution is 2.23. The maximum Gasteiger partial charge on any atom is 0.123 e.